The minimum absolute atomic E-state index is 0.155. The Kier molecular flexibility index (Phi) is 6.73. The highest BCUT2D eigenvalue weighted by Crippen LogP contribution is 2.22. The van der Waals surface area contributed by atoms with Crippen molar-refractivity contribution in [3.8, 4) is 0 Å². The van der Waals surface area contributed by atoms with E-state index < -0.39 is 0 Å². The van der Waals surface area contributed by atoms with Gasteiger partial charge in [-0.2, -0.15) is 0 Å². The Morgan fingerprint density at radius 1 is 1.47 bits per heavy atom. The van der Waals surface area contributed by atoms with Gasteiger partial charge >= 0.3 is 0 Å². The highest BCUT2D eigenvalue weighted by molar-refractivity contribution is 7.12. The number of nitrogens with one attached hydrogen (secondary N) is 1. The lowest BCUT2D eigenvalue weighted by atomic mass is 10.2. The molecule has 1 unspecified atom stereocenters. The largest absolute Gasteiger partial charge is 0.379 e. The van der Waals surface area contributed by atoms with Gasteiger partial charge in [0.15, 0.2) is 0 Å². The summed E-state index contributed by atoms with van der Waals surface area (Å²) in [6.07, 6.45) is 0.155. The highest BCUT2D eigenvalue weighted by atomic mass is 32.1. The number of hydrogen-bond acceptors (Lipinski definition) is 4. The predicted octanol–water partition coefficient (Wildman–Crippen LogP) is 2.72. The monoisotopic (exact) mass is 257 g/mol. The summed E-state index contributed by atoms with van der Waals surface area (Å²) < 4.78 is 11.1. The first-order chi connectivity index (χ1) is 8.17. The van der Waals surface area contributed by atoms with E-state index in [2.05, 4.69) is 18.3 Å². The second-order valence-electron chi connectivity index (χ2n) is 4.11. The smallest absolute Gasteiger partial charge is 0.0785 e. The average Bonchev–Trinajstić information content (AvgIpc) is 2.65. The van der Waals surface area contributed by atoms with Crippen LogP contribution in [0.1, 0.15) is 29.2 Å². The van der Waals surface area contributed by atoms with Crippen LogP contribution in [0, 0.1) is 6.92 Å². The Hall–Kier alpha value is -0.420. The number of hydrogen-bond donors (Lipinski definition) is 1. The minimum atomic E-state index is 0.155. The molecule has 1 aromatic rings. The molecule has 0 aliphatic rings. The summed E-state index contributed by atoms with van der Waals surface area (Å²) in [5.41, 5.74) is 1.29. The predicted molar refractivity (Wildman–Crippen MR) is 72.6 cm³/mol. The van der Waals surface area contributed by atoms with Crippen LogP contribution in [0.15, 0.2) is 6.07 Å². The number of ether oxygens (including phenoxy) is 2. The van der Waals surface area contributed by atoms with Gasteiger partial charge in [0.2, 0.25) is 0 Å². The van der Waals surface area contributed by atoms with Gasteiger partial charge < -0.3 is 14.8 Å². The number of rotatable bonds is 8. The Bertz CT molecular complexity index is 325. The third kappa shape index (κ3) is 5.17. The van der Waals surface area contributed by atoms with Crippen LogP contribution < -0.4 is 5.32 Å². The molecule has 98 valence electrons. The maximum absolute atomic E-state index is 5.76. The second-order valence-corrected chi connectivity index (χ2v) is 5.45. The first kappa shape index (κ1) is 14.6. The summed E-state index contributed by atoms with van der Waals surface area (Å²) in [5, 5.41) is 3.17. The summed E-state index contributed by atoms with van der Waals surface area (Å²) in [6, 6.07) is 2.23. The van der Waals surface area contributed by atoms with Crippen molar-refractivity contribution in [2.75, 3.05) is 20.3 Å². The van der Waals surface area contributed by atoms with E-state index in [1.165, 1.54) is 15.3 Å². The molecular formula is C13H23NO2S. The highest BCUT2D eigenvalue weighted by Gasteiger charge is 2.08. The summed E-state index contributed by atoms with van der Waals surface area (Å²) in [7, 11) is 1.97. The van der Waals surface area contributed by atoms with Gasteiger partial charge in [-0.25, -0.2) is 0 Å². The molecule has 0 bridgehead atoms. The van der Waals surface area contributed by atoms with E-state index in [9.17, 15) is 0 Å². The van der Waals surface area contributed by atoms with Crippen molar-refractivity contribution in [3.05, 3.63) is 21.4 Å². The van der Waals surface area contributed by atoms with Crippen LogP contribution >= 0.6 is 11.3 Å². The summed E-state index contributed by atoms with van der Waals surface area (Å²) in [6.45, 7) is 9.22. The lowest BCUT2D eigenvalue weighted by molar-refractivity contribution is -0.0117. The van der Waals surface area contributed by atoms with Gasteiger partial charge in [0.05, 0.1) is 19.3 Å². The fraction of sp³-hybridized carbons (Fsp3) is 0.692. The molecule has 1 rings (SSSR count). The maximum Gasteiger partial charge on any atom is 0.0785 e. The van der Waals surface area contributed by atoms with Gasteiger partial charge in [0.1, 0.15) is 0 Å². The summed E-state index contributed by atoms with van der Waals surface area (Å²) in [5.74, 6) is 0. The van der Waals surface area contributed by atoms with Gasteiger partial charge in [-0.05, 0) is 39.4 Å². The molecule has 0 aromatic carbocycles. The molecule has 1 atom stereocenters. The zero-order valence-electron chi connectivity index (χ0n) is 11.2. The lowest BCUT2D eigenvalue weighted by Gasteiger charge is -2.12. The van der Waals surface area contributed by atoms with Gasteiger partial charge in [-0.3, -0.25) is 0 Å². The van der Waals surface area contributed by atoms with Gasteiger partial charge in [-0.1, -0.05) is 0 Å². The molecule has 0 aliphatic carbocycles. The molecule has 3 nitrogen and oxygen atoms in total. The first-order valence-corrected chi connectivity index (χ1v) is 6.91. The minimum Gasteiger partial charge on any atom is -0.379 e. The molecule has 0 spiro atoms. The Balaban J connectivity index is 2.40. The van der Waals surface area contributed by atoms with Crippen LogP contribution in [0.5, 0.6) is 0 Å². The molecule has 0 aliphatic heterocycles. The quantitative estimate of drug-likeness (QED) is 0.777. The van der Waals surface area contributed by atoms with Crippen molar-refractivity contribution in [1.29, 1.82) is 0 Å². The molecule has 1 N–H and O–H groups in total. The van der Waals surface area contributed by atoms with E-state index in [0.717, 1.165) is 13.2 Å². The van der Waals surface area contributed by atoms with Crippen molar-refractivity contribution in [3.63, 3.8) is 0 Å². The normalized spacial score (nSPS) is 12.9. The van der Waals surface area contributed by atoms with Crippen molar-refractivity contribution >= 4 is 11.3 Å². The maximum atomic E-state index is 5.76. The third-order valence-electron chi connectivity index (χ3n) is 2.50. The van der Waals surface area contributed by atoms with E-state index in [-0.39, 0.29) is 6.10 Å². The molecule has 17 heavy (non-hydrogen) atoms. The standard InChI is InChI=1S/C13H23NO2S/c1-5-15-8-10(2)16-9-12-6-13(7-14-4)17-11(12)3/h6,10,14H,5,7-9H2,1-4H3. The zero-order valence-corrected chi connectivity index (χ0v) is 12.0. The van der Waals surface area contributed by atoms with E-state index in [0.29, 0.717) is 13.2 Å². The fourth-order valence-corrected chi connectivity index (χ4v) is 2.62. The molecule has 4 heteroatoms. The molecule has 0 fully saturated rings. The SMILES string of the molecule is CCOCC(C)OCc1cc(CNC)sc1C. The lowest BCUT2D eigenvalue weighted by Crippen LogP contribution is -2.15. The molecule has 0 saturated heterocycles. The van der Waals surface area contributed by atoms with Crippen molar-refractivity contribution < 1.29 is 9.47 Å². The van der Waals surface area contributed by atoms with E-state index in [1.54, 1.807) is 0 Å². The van der Waals surface area contributed by atoms with Gasteiger partial charge in [0.25, 0.3) is 0 Å². The average molecular weight is 257 g/mol. The molecule has 1 heterocycles. The van der Waals surface area contributed by atoms with Crippen LogP contribution in [0.25, 0.3) is 0 Å². The second kappa shape index (κ2) is 7.82. The van der Waals surface area contributed by atoms with E-state index in [1.807, 2.05) is 32.2 Å². The first-order valence-electron chi connectivity index (χ1n) is 6.09. The Morgan fingerprint density at radius 3 is 2.88 bits per heavy atom. The number of aryl methyl sites for hydroxylation is 1. The summed E-state index contributed by atoms with van der Waals surface area (Å²) >= 11 is 1.83. The van der Waals surface area contributed by atoms with E-state index >= 15 is 0 Å². The molecule has 0 radical (unpaired) electrons. The topological polar surface area (TPSA) is 30.5 Å². The molecule has 1 aromatic heterocycles. The molecule has 0 saturated carbocycles. The van der Waals surface area contributed by atoms with Crippen LogP contribution in [-0.4, -0.2) is 26.4 Å². The van der Waals surface area contributed by atoms with Crippen LogP contribution in [-0.2, 0) is 22.6 Å². The van der Waals surface area contributed by atoms with Crippen molar-refractivity contribution in [2.45, 2.75) is 40.0 Å². The Labute approximate surface area is 108 Å². The van der Waals surface area contributed by atoms with Gasteiger partial charge in [0, 0.05) is 22.9 Å². The summed E-state index contributed by atoms with van der Waals surface area (Å²) in [4.78, 5) is 2.71. The van der Waals surface area contributed by atoms with Gasteiger partial charge in [-0.15, -0.1) is 11.3 Å². The van der Waals surface area contributed by atoms with Crippen molar-refractivity contribution in [1.82, 2.24) is 5.32 Å². The molecular weight excluding hydrogens is 234 g/mol. The van der Waals surface area contributed by atoms with E-state index in [4.69, 9.17) is 9.47 Å². The van der Waals surface area contributed by atoms with Crippen LogP contribution in [0.4, 0.5) is 0 Å². The molecule has 0 amide bonds. The number of thiophene rings is 1. The zero-order chi connectivity index (χ0) is 12.7. The van der Waals surface area contributed by atoms with Crippen molar-refractivity contribution in [2.24, 2.45) is 0 Å². The third-order valence-corrected chi connectivity index (χ3v) is 3.60. The van der Waals surface area contributed by atoms with Crippen LogP contribution in [0.2, 0.25) is 0 Å². The fourth-order valence-electron chi connectivity index (χ4n) is 1.56. The van der Waals surface area contributed by atoms with Crippen LogP contribution in [0.3, 0.4) is 0 Å². The Morgan fingerprint density at radius 2 is 2.24 bits per heavy atom.